The first kappa shape index (κ1) is 9.66. The zero-order valence-corrected chi connectivity index (χ0v) is 8.46. The average Bonchev–Trinajstić information content (AvgIpc) is 2.99. The standard InChI is InChI=1S/C12H16FN/c1-14-8-11(9-6-7-9)10-4-2-3-5-12(10)13/h2-5,9,11,14H,6-8H2,1H3. The van der Waals surface area contributed by atoms with Crippen molar-refractivity contribution in [3.63, 3.8) is 0 Å². The fourth-order valence-electron chi connectivity index (χ4n) is 2.02. The summed E-state index contributed by atoms with van der Waals surface area (Å²) in [7, 11) is 1.93. The van der Waals surface area contributed by atoms with Crippen LogP contribution in [-0.4, -0.2) is 13.6 Å². The van der Waals surface area contributed by atoms with E-state index in [1.807, 2.05) is 19.2 Å². The third-order valence-corrected chi connectivity index (χ3v) is 2.92. The highest BCUT2D eigenvalue weighted by atomic mass is 19.1. The molecule has 2 rings (SSSR count). The van der Waals surface area contributed by atoms with Crippen molar-refractivity contribution in [1.82, 2.24) is 5.32 Å². The van der Waals surface area contributed by atoms with E-state index in [4.69, 9.17) is 0 Å². The molecule has 0 saturated heterocycles. The zero-order chi connectivity index (χ0) is 9.97. The van der Waals surface area contributed by atoms with Gasteiger partial charge in [-0.1, -0.05) is 18.2 Å². The molecule has 0 heterocycles. The maximum Gasteiger partial charge on any atom is 0.126 e. The van der Waals surface area contributed by atoms with Crippen LogP contribution >= 0.6 is 0 Å². The molecule has 1 atom stereocenters. The van der Waals surface area contributed by atoms with Gasteiger partial charge in [0.1, 0.15) is 5.82 Å². The molecule has 1 fully saturated rings. The molecule has 76 valence electrons. The number of halogens is 1. The van der Waals surface area contributed by atoms with E-state index in [0.717, 1.165) is 12.1 Å². The van der Waals surface area contributed by atoms with Crippen LogP contribution in [0.3, 0.4) is 0 Å². The third kappa shape index (κ3) is 1.95. The molecule has 1 unspecified atom stereocenters. The molecule has 1 aliphatic carbocycles. The van der Waals surface area contributed by atoms with Crippen LogP contribution in [0.4, 0.5) is 4.39 Å². The van der Waals surface area contributed by atoms with Gasteiger partial charge in [-0.25, -0.2) is 4.39 Å². The molecule has 0 aromatic heterocycles. The molecule has 1 aliphatic rings. The highest BCUT2D eigenvalue weighted by molar-refractivity contribution is 5.24. The maximum atomic E-state index is 13.5. The minimum atomic E-state index is -0.0559. The molecule has 0 radical (unpaired) electrons. The lowest BCUT2D eigenvalue weighted by atomic mass is 9.94. The number of nitrogens with one attached hydrogen (secondary N) is 1. The Kier molecular flexibility index (Phi) is 2.82. The van der Waals surface area contributed by atoms with Crippen LogP contribution in [0.25, 0.3) is 0 Å². The van der Waals surface area contributed by atoms with E-state index in [1.165, 1.54) is 12.8 Å². The molecule has 14 heavy (non-hydrogen) atoms. The number of likely N-dealkylation sites (N-methyl/N-ethyl adjacent to an activating group) is 1. The summed E-state index contributed by atoms with van der Waals surface area (Å²) in [6, 6.07) is 7.14. The Morgan fingerprint density at radius 3 is 2.71 bits per heavy atom. The molecule has 1 aromatic rings. The van der Waals surface area contributed by atoms with Crippen molar-refractivity contribution in [2.24, 2.45) is 5.92 Å². The van der Waals surface area contributed by atoms with Crippen LogP contribution in [0, 0.1) is 11.7 Å². The Morgan fingerprint density at radius 2 is 2.14 bits per heavy atom. The Hall–Kier alpha value is -0.890. The van der Waals surface area contributed by atoms with Crippen molar-refractivity contribution in [1.29, 1.82) is 0 Å². The van der Waals surface area contributed by atoms with E-state index >= 15 is 0 Å². The molecule has 1 aromatic carbocycles. The first-order valence-electron chi connectivity index (χ1n) is 5.22. The van der Waals surface area contributed by atoms with Crippen molar-refractivity contribution in [2.75, 3.05) is 13.6 Å². The molecule has 0 spiro atoms. The van der Waals surface area contributed by atoms with Gasteiger partial charge in [0.05, 0.1) is 0 Å². The Labute approximate surface area is 84.3 Å². The second kappa shape index (κ2) is 4.09. The van der Waals surface area contributed by atoms with E-state index in [0.29, 0.717) is 11.8 Å². The van der Waals surface area contributed by atoms with Gasteiger partial charge in [0, 0.05) is 12.5 Å². The first-order chi connectivity index (χ1) is 6.83. The number of rotatable bonds is 4. The molecule has 1 nitrogen and oxygen atoms in total. The number of benzene rings is 1. The smallest absolute Gasteiger partial charge is 0.126 e. The molecular formula is C12H16FN. The van der Waals surface area contributed by atoms with Gasteiger partial charge in [-0.2, -0.15) is 0 Å². The first-order valence-corrected chi connectivity index (χ1v) is 5.22. The van der Waals surface area contributed by atoms with Gasteiger partial charge in [0.2, 0.25) is 0 Å². The van der Waals surface area contributed by atoms with Crippen LogP contribution in [0.15, 0.2) is 24.3 Å². The van der Waals surface area contributed by atoms with Crippen LogP contribution < -0.4 is 5.32 Å². The van der Waals surface area contributed by atoms with Gasteiger partial charge in [-0.15, -0.1) is 0 Å². The molecule has 0 aliphatic heterocycles. The van der Waals surface area contributed by atoms with Crippen molar-refractivity contribution in [3.8, 4) is 0 Å². The molecular weight excluding hydrogens is 177 g/mol. The van der Waals surface area contributed by atoms with E-state index < -0.39 is 0 Å². The summed E-state index contributed by atoms with van der Waals surface area (Å²) < 4.78 is 13.5. The lowest BCUT2D eigenvalue weighted by Crippen LogP contribution is -2.19. The lowest BCUT2D eigenvalue weighted by Gasteiger charge is -2.16. The monoisotopic (exact) mass is 193 g/mol. The summed E-state index contributed by atoms with van der Waals surface area (Å²) in [5, 5.41) is 3.15. The van der Waals surface area contributed by atoms with E-state index in [2.05, 4.69) is 5.32 Å². The Morgan fingerprint density at radius 1 is 1.43 bits per heavy atom. The fourth-order valence-corrected chi connectivity index (χ4v) is 2.02. The quantitative estimate of drug-likeness (QED) is 0.774. The van der Waals surface area contributed by atoms with Crippen LogP contribution in [0.2, 0.25) is 0 Å². The Bertz CT molecular complexity index is 307. The van der Waals surface area contributed by atoms with Gasteiger partial charge in [0.25, 0.3) is 0 Å². The van der Waals surface area contributed by atoms with E-state index in [9.17, 15) is 4.39 Å². The lowest BCUT2D eigenvalue weighted by molar-refractivity contribution is 0.522. The van der Waals surface area contributed by atoms with Gasteiger partial charge < -0.3 is 5.32 Å². The zero-order valence-electron chi connectivity index (χ0n) is 8.46. The maximum absolute atomic E-state index is 13.5. The topological polar surface area (TPSA) is 12.0 Å². The second-order valence-corrected chi connectivity index (χ2v) is 4.02. The fraction of sp³-hybridized carbons (Fsp3) is 0.500. The largest absolute Gasteiger partial charge is 0.319 e. The van der Waals surface area contributed by atoms with E-state index in [-0.39, 0.29) is 5.82 Å². The predicted molar refractivity (Wildman–Crippen MR) is 55.8 cm³/mol. The summed E-state index contributed by atoms with van der Waals surface area (Å²) >= 11 is 0. The highest BCUT2D eigenvalue weighted by Gasteiger charge is 2.32. The number of hydrogen-bond donors (Lipinski definition) is 1. The van der Waals surface area contributed by atoms with Crippen LogP contribution in [0.5, 0.6) is 0 Å². The normalized spacial score (nSPS) is 18.1. The van der Waals surface area contributed by atoms with Crippen molar-refractivity contribution in [3.05, 3.63) is 35.6 Å². The van der Waals surface area contributed by atoms with Gasteiger partial charge in [-0.05, 0) is 37.4 Å². The van der Waals surface area contributed by atoms with Gasteiger partial charge >= 0.3 is 0 Å². The predicted octanol–water partition coefficient (Wildman–Crippen LogP) is 2.54. The number of hydrogen-bond acceptors (Lipinski definition) is 1. The van der Waals surface area contributed by atoms with Crippen molar-refractivity contribution < 1.29 is 4.39 Å². The van der Waals surface area contributed by atoms with Crippen LogP contribution in [-0.2, 0) is 0 Å². The SMILES string of the molecule is CNCC(c1ccccc1F)C1CC1. The second-order valence-electron chi connectivity index (χ2n) is 4.02. The molecule has 1 saturated carbocycles. The highest BCUT2D eigenvalue weighted by Crippen LogP contribution is 2.42. The third-order valence-electron chi connectivity index (χ3n) is 2.92. The molecule has 0 amide bonds. The minimum Gasteiger partial charge on any atom is -0.319 e. The van der Waals surface area contributed by atoms with Crippen molar-refractivity contribution in [2.45, 2.75) is 18.8 Å². The minimum absolute atomic E-state index is 0.0559. The molecule has 2 heteroatoms. The average molecular weight is 193 g/mol. The summed E-state index contributed by atoms with van der Waals surface area (Å²) in [6.45, 7) is 0.881. The van der Waals surface area contributed by atoms with Crippen LogP contribution in [0.1, 0.15) is 24.3 Å². The summed E-state index contributed by atoms with van der Waals surface area (Å²) in [6.07, 6.45) is 2.50. The summed E-state index contributed by atoms with van der Waals surface area (Å²) in [4.78, 5) is 0. The summed E-state index contributed by atoms with van der Waals surface area (Å²) in [5.74, 6) is 1.00. The van der Waals surface area contributed by atoms with E-state index in [1.54, 1.807) is 12.1 Å². The molecule has 1 N–H and O–H groups in total. The Balaban J connectivity index is 2.21. The summed E-state index contributed by atoms with van der Waals surface area (Å²) in [5.41, 5.74) is 0.879. The molecule has 0 bridgehead atoms. The van der Waals surface area contributed by atoms with Gasteiger partial charge in [0.15, 0.2) is 0 Å². The van der Waals surface area contributed by atoms with Gasteiger partial charge in [-0.3, -0.25) is 0 Å². The van der Waals surface area contributed by atoms with Crippen molar-refractivity contribution >= 4 is 0 Å².